The fourth-order valence-corrected chi connectivity index (χ4v) is 9.44. The summed E-state index contributed by atoms with van der Waals surface area (Å²) in [6.07, 6.45) is 6.58. The molecule has 0 saturated heterocycles. The van der Waals surface area contributed by atoms with Gasteiger partial charge in [0.05, 0.1) is 0 Å². The summed E-state index contributed by atoms with van der Waals surface area (Å²) in [5.74, 6) is 0. The van der Waals surface area contributed by atoms with Crippen molar-refractivity contribution in [3.05, 3.63) is 135 Å². The van der Waals surface area contributed by atoms with Gasteiger partial charge in [0.15, 0.2) is 0 Å². The Morgan fingerprint density at radius 3 is 1.64 bits per heavy atom. The van der Waals surface area contributed by atoms with Crippen LogP contribution in [0.1, 0.15) is 119 Å². The highest BCUT2D eigenvalue weighted by molar-refractivity contribution is 6.16. The first-order valence-corrected chi connectivity index (χ1v) is 17.4. The molecule has 4 aliphatic rings. The lowest BCUT2D eigenvalue weighted by Crippen LogP contribution is -2.36. The summed E-state index contributed by atoms with van der Waals surface area (Å²) in [5, 5.41) is 2.82. The van der Waals surface area contributed by atoms with Crippen LogP contribution in [-0.2, 0) is 21.7 Å². The number of fused-ring (bicyclic) bond motifs is 8. The van der Waals surface area contributed by atoms with E-state index in [2.05, 4.69) is 160 Å². The zero-order chi connectivity index (χ0) is 33.0. The number of hydrogen-bond donors (Lipinski definition) is 0. The Kier molecular flexibility index (Phi) is 5.36. The van der Waals surface area contributed by atoms with Crippen LogP contribution in [0.25, 0.3) is 55.8 Å². The van der Waals surface area contributed by atoms with Gasteiger partial charge in [0.25, 0.3) is 0 Å². The average molecular weight is 609 g/mol. The highest BCUT2D eigenvalue weighted by Gasteiger charge is 2.45. The van der Waals surface area contributed by atoms with Gasteiger partial charge in [-0.2, -0.15) is 0 Å². The fraction of sp³-hybridized carbons (Fsp3) is 0.298. The van der Waals surface area contributed by atoms with Crippen molar-refractivity contribution in [2.75, 3.05) is 0 Å². The van der Waals surface area contributed by atoms with E-state index in [1.165, 1.54) is 99.8 Å². The van der Waals surface area contributed by atoms with E-state index >= 15 is 0 Å². The Labute approximate surface area is 280 Å². The summed E-state index contributed by atoms with van der Waals surface area (Å²) in [4.78, 5) is 0. The van der Waals surface area contributed by atoms with Crippen LogP contribution in [0, 0.1) is 0 Å². The van der Waals surface area contributed by atoms with Crippen molar-refractivity contribution in [1.29, 1.82) is 0 Å². The first-order chi connectivity index (χ1) is 22.1. The molecule has 0 N–H and O–H groups in total. The lowest BCUT2D eigenvalue weighted by atomic mass is 9.59. The Balaban J connectivity index is 1.29. The van der Waals surface area contributed by atoms with E-state index in [0.717, 1.165) is 0 Å². The molecule has 0 aromatic heterocycles. The van der Waals surface area contributed by atoms with Crippen LogP contribution >= 0.6 is 0 Å². The fourth-order valence-electron chi connectivity index (χ4n) is 9.44. The minimum atomic E-state index is -0.162. The number of benzene rings is 5. The predicted octanol–water partition coefficient (Wildman–Crippen LogP) is 12.6. The molecule has 0 nitrogen and oxygen atoms in total. The highest BCUT2D eigenvalue weighted by atomic mass is 14.5. The smallest absolute Gasteiger partial charge is 0.0328 e. The molecule has 4 aliphatic carbocycles. The van der Waals surface area contributed by atoms with Gasteiger partial charge in [0.1, 0.15) is 0 Å². The van der Waals surface area contributed by atoms with E-state index in [1.54, 1.807) is 0 Å². The van der Waals surface area contributed by atoms with Gasteiger partial charge in [0.2, 0.25) is 0 Å². The molecule has 0 radical (unpaired) electrons. The normalized spacial score (nSPS) is 17.1. The molecule has 5 aromatic rings. The maximum absolute atomic E-state index is 3.72. The second-order valence-electron chi connectivity index (χ2n) is 17.5. The molecule has 0 amide bonds. The molecule has 0 spiro atoms. The van der Waals surface area contributed by atoms with E-state index < -0.39 is 0 Å². The quantitative estimate of drug-likeness (QED) is 0.150. The van der Waals surface area contributed by atoms with Gasteiger partial charge in [0, 0.05) is 22.0 Å². The summed E-state index contributed by atoms with van der Waals surface area (Å²) >= 11 is 0. The number of rotatable bonds is 0. The third-order valence-electron chi connectivity index (χ3n) is 11.9. The Hall–Kier alpha value is -4.38. The lowest BCUT2D eigenvalue weighted by Gasteiger charge is -2.44. The van der Waals surface area contributed by atoms with Crippen molar-refractivity contribution in [3.63, 3.8) is 0 Å². The molecule has 0 aliphatic heterocycles. The summed E-state index contributed by atoms with van der Waals surface area (Å²) in [6.45, 7) is 23.8. The van der Waals surface area contributed by atoms with Gasteiger partial charge < -0.3 is 0 Å². The van der Waals surface area contributed by atoms with Crippen molar-refractivity contribution < 1.29 is 0 Å². The van der Waals surface area contributed by atoms with Gasteiger partial charge in [-0.1, -0.05) is 124 Å². The van der Waals surface area contributed by atoms with Crippen LogP contribution in [-0.4, -0.2) is 0 Å². The average Bonchev–Trinajstić information content (AvgIpc) is 3.38. The summed E-state index contributed by atoms with van der Waals surface area (Å²) in [6, 6.07) is 26.7. The van der Waals surface area contributed by atoms with Gasteiger partial charge in [-0.25, -0.2) is 0 Å². The van der Waals surface area contributed by atoms with Crippen molar-refractivity contribution >= 4 is 22.4 Å². The maximum atomic E-state index is 3.72. The Morgan fingerprint density at radius 2 is 1.04 bits per heavy atom. The van der Waals surface area contributed by atoms with Crippen LogP contribution < -0.4 is 0 Å². The topological polar surface area (TPSA) is 0 Å². The van der Waals surface area contributed by atoms with Crippen molar-refractivity contribution in [3.8, 4) is 33.4 Å². The first-order valence-electron chi connectivity index (χ1n) is 17.4. The molecule has 232 valence electrons. The zero-order valence-corrected chi connectivity index (χ0v) is 29.6. The molecule has 0 saturated carbocycles. The molecule has 0 unspecified atom stereocenters. The second kappa shape index (κ2) is 8.74. The summed E-state index contributed by atoms with van der Waals surface area (Å²) in [7, 11) is 0. The van der Waals surface area contributed by atoms with Crippen molar-refractivity contribution in [2.24, 2.45) is 0 Å². The SMILES string of the molecule is CC(C)(C)c1ccc2c3c1C=CC=C=C3c1cc3c(cc1-2)C(C)(C)c1cc2c(cc1C3(C)C)-c1ccc(C(C)(C)C)c3cccc-2c13. The number of allylic oxidation sites excluding steroid dienone is 2. The number of hydrogen-bond acceptors (Lipinski definition) is 0. The van der Waals surface area contributed by atoms with E-state index in [0.29, 0.717) is 0 Å². The molecule has 47 heavy (non-hydrogen) atoms. The molecule has 0 atom stereocenters. The second-order valence-corrected chi connectivity index (χ2v) is 17.5. The van der Waals surface area contributed by atoms with Crippen LogP contribution in [0.2, 0.25) is 0 Å². The van der Waals surface area contributed by atoms with Crippen molar-refractivity contribution in [2.45, 2.75) is 90.9 Å². The predicted molar refractivity (Wildman–Crippen MR) is 202 cm³/mol. The largest absolute Gasteiger partial charge is 0.112 e. The first kappa shape index (κ1) is 28.8. The van der Waals surface area contributed by atoms with Crippen LogP contribution in [0.15, 0.2) is 84.6 Å². The minimum absolute atomic E-state index is 0.0570. The van der Waals surface area contributed by atoms with Crippen LogP contribution in [0.5, 0.6) is 0 Å². The molecular weight excluding hydrogens is 565 g/mol. The zero-order valence-electron chi connectivity index (χ0n) is 29.6. The molecule has 0 fully saturated rings. The standard InChI is InChI=1S/C47H44/c1-44(2,3)36-20-18-28-34-24-40-38(22-32(34)26-14-11-12-15-30(36)42(26)28)46(7,8)41-25-35-29-19-21-37(45(4,5)6)31-17-13-16-27(43(29)31)33(35)23-39(41)47(40,9)10/h11-13,15-25H,1-10H3. The third kappa shape index (κ3) is 3.61. The molecule has 0 heteroatoms. The molecule has 0 bridgehead atoms. The van der Waals surface area contributed by atoms with Gasteiger partial charge in [-0.05, 0) is 130 Å². The highest BCUT2D eigenvalue weighted by Crippen LogP contribution is 2.58. The Morgan fingerprint density at radius 1 is 0.532 bits per heavy atom. The van der Waals surface area contributed by atoms with E-state index in [-0.39, 0.29) is 21.7 Å². The monoisotopic (exact) mass is 608 g/mol. The summed E-state index contributed by atoms with van der Waals surface area (Å²) in [5.41, 5.74) is 25.7. The van der Waals surface area contributed by atoms with Gasteiger partial charge >= 0.3 is 0 Å². The van der Waals surface area contributed by atoms with Crippen molar-refractivity contribution in [1.82, 2.24) is 0 Å². The van der Waals surface area contributed by atoms with Gasteiger partial charge in [-0.3, -0.25) is 0 Å². The lowest BCUT2D eigenvalue weighted by molar-refractivity contribution is 0.521. The molecule has 5 aromatic carbocycles. The molecular formula is C47H44. The van der Waals surface area contributed by atoms with E-state index in [1.807, 2.05) is 0 Å². The summed E-state index contributed by atoms with van der Waals surface area (Å²) < 4.78 is 0. The molecule has 0 heterocycles. The Bertz CT molecular complexity index is 2380. The van der Waals surface area contributed by atoms with E-state index in [9.17, 15) is 0 Å². The maximum Gasteiger partial charge on any atom is 0.0328 e. The van der Waals surface area contributed by atoms with E-state index in [4.69, 9.17) is 0 Å². The van der Waals surface area contributed by atoms with Crippen LogP contribution in [0.4, 0.5) is 0 Å². The minimum Gasteiger partial charge on any atom is -0.112 e. The van der Waals surface area contributed by atoms with Crippen LogP contribution in [0.3, 0.4) is 0 Å². The third-order valence-corrected chi connectivity index (χ3v) is 11.9. The van der Waals surface area contributed by atoms with Gasteiger partial charge in [-0.15, -0.1) is 5.73 Å². The molecule has 9 rings (SSSR count).